The van der Waals surface area contributed by atoms with Crippen LogP contribution in [-0.4, -0.2) is 45.5 Å². The number of carbonyl (C=O) groups is 1. The summed E-state index contributed by atoms with van der Waals surface area (Å²) in [4.78, 5) is 14.2. The highest BCUT2D eigenvalue weighted by Gasteiger charge is 2.30. The van der Waals surface area contributed by atoms with E-state index in [1.54, 1.807) is 13.1 Å². The van der Waals surface area contributed by atoms with E-state index in [1.165, 1.54) is 21.8 Å². The molecule has 0 aliphatic carbocycles. The molecular weight excluding hydrogens is 397 g/mol. The van der Waals surface area contributed by atoms with Crippen LogP contribution in [0.2, 0.25) is 0 Å². The van der Waals surface area contributed by atoms with E-state index >= 15 is 0 Å². The van der Waals surface area contributed by atoms with Crippen LogP contribution in [0, 0.1) is 0 Å². The van der Waals surface area contributed by atoms with Crippen LogP contribution in [-0.2, 0) is 19.1 Å². The molecule has 1 atom stereocenters. The third-order valence-corrected chi connectivity index (χ3v) is 4.89. The van der Waals surface area contributed by atoms with Crippen molar-refractivity contribution in [1.29, 1.82) is 0 Å². The molecular formula is C21H19F3N4O2. The van der Waals surface area contributed by atoms with Gasteiger partial charge >= 0.3 is 6.18 Å². The lowest BCUT2D eigenvalue weighted by molar-refractivity contribution is -0.137. The van der Waals surface area contributed by atoms with Gasteiger partial charge in [-0.25, -0.2) is 4.68 Å². The molecule has 0 radical (unpaired) electrons. The van der Waals surface area contributed by atoms with Gasteiger partial charge in [0.25, 0.3) is 5.91 Å². The van der Waals surface area contributed by atoms with Crippen molar-refractivity contribution >= 4 is 5.91 Å². The first-order valence-electron chi connectivity index (χ1n) is 9.36. The number of carbonyl (C=O) groups excluding carboxylic acids is 1. The zero-order valence-electron chi connectivity index (χ0n) is 16.1. The molecule has 0 unspecified atom stereocenters. The number of alkyl halides is 3. The molecule has 156 valence electrons. The summed E-state index contributed by atoms with van der Waals surface area (Å²) in [5.74, 6) is 0.500. The molecule has 0 spiro atoms. The molecule has 1 aliphatic rings. The number of hydrogen-bond donors (Lipinski definition) is 0. The zero-order valence-corrected chi connectivity index (χ0v) is 16.1. The SMILES string of the molecule is CN(C[C@@H]1Cc2ccccc2O1)C(=O)c1cn(Cc2cccc(C(F)(F)F)c2)nn1. The van der Waals surface area contributed by atoms with E-state index in [0.29, 0.717) is 12.1 Å². The predicted octanol–water partition coefficient (Wildman–Crippen LogP) is 3.42. The summed E-state index contributed by atoms with van der Waals surface area (Å²) in [6.45, 7) is 0.461. The van der Waals surface area contributed by atoms with Crippen molar-refractivity contribution in [2.75, 3.05) is 13.6 Å². The summed E-state index contributed by atoms with van der Waals surface area (Å²) in [5, 5.41) is 7.75. The minimum atomic E-state index is -4.41. The number of rotatable bonds is 5. The molecule has 9 heteroatoms. The van der Waals surface area contributed by atoms with Gasteiger partial charge in [-0.05, 0) is 29.3 Å². The molecule has 0 N–H and O–H groups in total. The number of fused-ring (bicyclic) bond motifs is 1. The van der Waals surface area contributed by atoms with E-state index in [0.717, 1.165) is 29.9 Å². The standard InChI is InChI=1S/C21H19F3N4O2/c1-27(12-17-10-15-6-2-3-8-19(15)30-17)20(29)18-13-28(26-25-18)11-14-5-4-7-16(9-14)21(22,23)24/h2-9,13,17H,10-12H2,1H3/t17-/m0/s1. The number of ether oxygens (including phenoxy) is 1. The smallest absolute Gasteiger partial charge is 0.416 e. The Hall–Kier alpha value is -3.36. The highest BCUT2D eigenvalue weighted by molar-refractivity contribution is 5.91. The Labute approximate surface area is 170 Å². The van der Waals surface area contributed by atoms with E-state index in [9.17, 15) is 18.0 Å². The second-order valence-corrected chi connectivity index (χ2v) is 7.24. The topological polar surface area (TPSA) is 60.2 Å². The van der Waals surface area contributed by atoms with Crippen LogP contribution in [0.1, 0.15) is 27.2 Å². The minimum Gasteiger partial charge on any atom is -0.488 e. The maximum absolute atomic E-state index is 12.9. The number of para-hydroxylation sites is 1. The lowest BCUT2D eigenvalue weighted by Gasteiger charge is -2.20. The largest absolute Gasteiger partial charge is 0.488 e. The molecule has 1 aliphatic heterocycles. The Morgan fingerprint density at radius 2 is 2.03 bits per heavy atom. The molecule has 1 amide bonds. The van der Waals surface area contributed by atoms with Crippen LogP contribution in [0.4, 0.5) is 13.2 Å². The van der Waals surface area contributed by atoms with Gasteiger partial charge in [-0.1, -0.05) is 35.5 Å². The monoisotopic (exact) mass is 416 g/mol. The lowest BCUT2D eigenvalue weighted by Crippen LogP contribution is -2.36. The summed E-state index contributed by atoms with van der Waals surface area (Å²) in [5.41, 5.74) is 0.920. The molecule has 6 nitrogen and oxygen atoms in total. The lowest BCUT2D eigenvalue weighted by atomic mass is 10.1. The van der Waals surface area contributed by atoms with Crippen LogP contribution in [0.25, 0.3) is 0 Å². The number of hydrogen-bond acceptors (Lipinski definition) is 4. The van der Waals surface area contributed by atoms with E-state index in [1.807, 2.05) is 24.3 Å². The summed E-state index contributed by atoms with van der Waals surface area (Å²) in [6, 6.07) is 12.7. The minimum absolute atomic E-state index is 0.0783. The van der Waals surface area contributed by atoms with Crippen LogP contribution in [0.5, 0.6) is 5.75 Å². The van der Waals surface area contributed by atoms with Gasteiger partial charge in [-0.15, -0.1) is 5.10 Å². The van der Waals surface area contributed by atoms with Gasteiger partial charge in [-0.3, -0.25) is 4.79 Å². The average molecular weight is 416 g/mol. The van der Waals surface area contributed by atoms with Crippen molar-refractivity contribution in [2.24, 2.45) is 0 Å². The predicted molar refractivity (Wildman–Crippen MR) is 102 cm³/mol. The van der Waals surface area contributed by atoms with Gasteiger partial charge in [0.1, 0.15) is 11.9 Å². The molecule has 0 fully saturated rings. The van der Waals surface area contributed by atoms with Crippen molar-refractivity contribution in [1.82, 2.24) is 19.9 Å². The van der Waals surface area contributed by atoms with Crippen molar-refractivity contribution in [3.63, 3.8) is 0 Å². The Morgan fingerprint density at radius 1 is 1.23 bits per heavy atom. The van der Waals surface area contributed by atoms with Crippen LogP contribution >= 0.6 is 0 Å². The van der Waals surface area contributed by atoms with Gasteiger partial charge in [0.05, 0.1) is 24.8 Å². The van der Waals surface area contributed by atoms with Crippen molar-refractivity contribution in [2.45, 2.75) is 25.2 Å². The summed E-state index contributed by atoms with van der Waals surface area (Å²) in [6.07, 6.45) is -2.40. The highest BCUT2D eigenvalue weighted by atomic mass is 19.4. The maximum Gasteiger partial charge on any atom is 0.416 e. The van der Waals surface area contributed by atoms with Crippen LogP contribution in [0.15, 0.2) is 54.7 Å². The molecule has 0 saturated heterocycles. The number of amides is 1. The first kappa shape index (κ1) is 19.9. The average Bonchev–Trinajstić information content (AvgIpc) is 3.33. The molecule has 0 bridgehead atoms. The molecule has 2 heterocycles. The third-order valence-electron chi connectivity index (χ3n) is 4.89. The second kappa shape index (κ2) is 7.81. The number of halogens is 3. The van der Waals surface area contributed by atoms with Crippen molar-refractivity contribution in [3.05, 3.63) is 77.1 Å². The van der Waals surface area contributed by atoms with Crippen molar-refractivity contribution in [3.8, 4) is 5.75 Å². The van der Waals surface area contributed by atoms with E-state index in [2.05, 4.69) is 10.3 Å². The zero-order chi connectivity index (χ0) is 21.3. The van der Waals surface area contributed by atoms with Gasteiger partial charge in [0.15, 0.2) is 5.69 Å². The molecule has 4 rings (SSSR count). The summed E-state index contributed by atoms with van der Waals surface area (Å²) < 4.78 is 45.8. The normalized spacial score (nSPS) is 15.5. The van der Waals surface area contributed by atoms with Gasteiger partial charge < -0.3 is 9.64 Å². The first-order valence-corrected chi connectivity index (χ1v) is 9.36. The number of nitrogens with zero attached hydrogens (tertiary/aromatic N) is 4. The highest BCUT2D eigenvalue weighted by Crippen LogP contribution is 2.30. The Balaban J connectivity index is 1.38. The fraction of sp³-hybridized carbons (Fsp3) is 0.286. The molecule has 2 aromatic carbocycles. The Morgan fingerprint density at radius 3 is 2.80 bits per heavy atom. The van der Waals surface area contributed by atoms with E-state index in [4.69, 9.17) is 4.74 Å². The van der Waals surface area contributed by atoms with Gasteiger partial charge in [0, 0.05) is 13.5 Å². The molecule has 30 heavy (non-hydrogen) atoms. The number of benzene rings is 2. The fourth-order valence-electron chi connectivity index (χ4n) is 3.45. The summed E-state index contributed by atoms with van der Waals surface area (Å²) >= 11 is 0. The van der Waals surface area contributed by atoms with Gasteiger partial charge in [-0.2, -0.15) is 13.2 Å². The van der Waals surface area contributed by atoms with Crippen LogP contribution < -0.4 is 4.74 Å². The number of likely N-dealkylation sites (N-methyl/N-ethyl adjacent to an activating group) is 1. The quantitative estimate of drug-likeness (QED) is 0.640. The van der Waals surface area contributed by atoms with Crippen LogP contribution in [0.3, 0.4) is 0 Å². The Bertz CT molecular complexity index is 1040. The first-order chi connectivity index (χ1) is 14.3. The van der Waals surface area contributed by atoms with Crippen molar-refractivity contribution < 1.29 is 22.7 Å². The van der Waals surface area contributed by atoms with E-state index < -0.39 is 11.7 Å². The number of aromatic nitrogens is 3. The molecule has 0 saturated carbocycles. The van der Waals surface area contributed by atoms with Gasteiger partial charge in [0.2, 0.25) is 0 Å². The van der Waals surface area contributed by atoms with E-state index in [-0.39, 0.29) is 24.2 Å². The fourth-order valence-corrected chi connectivity index (χ4v) is 3.45. The third kappa shape index (κ3) is 4.29. The molecule has 1 aromatic heterocycles. The molecule has 3 aromatic rings. The Kier molecular flexibility index (Phi) is 5.19. The maximum atomic E-state index is 12.9. The second-order valence-electron chi connectivity index (χ2n) is 7.24. The summed E-state index contributed by atoms with van der Waals surface area (Å²) in [7, 11) is 1.65.